The van der Waals surface area contributed by atoms with Crippen LogP contribution in [-0.4, -0.2) is 44.2 Å². The van der Waals surface area contributed by atoms with Crippen molar-refractivity contribution in [3.63, 3.8) is 0 Å². The van der Waals surface area contributed by atoms with E-state index in [0.29, 0.717) is 23.0 Å². The average Bonchev–Trinajstić information content (AvgIpc) is 2.99. The number of fused-ring (bicyclic) bond motifs is 1. The van der Waals surface area contributed by atoms with Gasteiger partial charge in [0.1, 0.15) is 6.54 Å². The number of amides is 1. The number of hydrogen-bond acceptors (Lipinski definition) is 5. The molecule has 0 bridgehead atoms. The van der Waals surface area contributed by atoms with E-state index in [2.05, 4.69) is 5.32 Å². The molecule has 2 aliphatic rings. The molecular formula is C15H17ClN2O4. The molecule has 1 aromatic carbocycles. The zero-order valence-electron chi connectivity index (χ0n) is 12.0. The highest BCUT2D eigenvalue weighted by Gasteiger charge is 2.26. The zero-order chi connectivity index (χ0) is 15.5. The van der Waals surface area contributed by atoms with E-state index >= 15 is 0 Å². The monoisotopic (exact) mass is 324 g/mol. The lowest BCUT2D eigenvalue weighted by Crippen LogP contribution is -2.44. The first kappa shape index (κ1) is 15.1. The summed E-state index contributed by atoms with van der Waals surface area (Å²) in [7, 11) is 0. The van der Waals surface area contributed by atoms with Crippen LogP contribution in [0.25, 0.3) is 0 Å². The van der Waals surface area contributed by atoms with E-state index < -0.39 is 0 Å². The number of ether oxygens (including phenoxy) is 2. The number of hydrogen-bond donors (Lipinski definition) is 1. The Morgan fingerprint density at radius 3 is 3.09 bits per heavy atom. The second-order valence-electron chi connectivity index (χ2n) is 5.38. The number of rotatable bonds is 4. The van der Waals surface area contributed by atoms with Crippen molar-refractivity contribution < 1.29 is 19.1 Å². The highest BCUT2D eigenvalue weighted by atomic mass is 35.5. The third kappa shape index (κ3) is 3.51. The third-order valence-electron chi connectivity index (χ3n) is 3.69. The molecule has 6 nitrogen and oxygen atoms in total. The molecule has 118 valence electrons. The lowest BCUT2D eigenvalue weighted by molar-refractivity contribution is -0.133. The molecule has 0 spiro atoms. The molecule has 1 aromatic rings. The molecule has 0 aliphatic carbocycles. The normalized spacial score (nSPS) is 20.5. The van der Waals surface area contributed by atoms with Crippen LogP contribution in [0, 0.1) is 0 Å². The second kappa shape index (κ2) is 6.54. The van der Waals surface area contributed by atoms with Gasteiger partial charge in [-0.2, -0.15) is 0 Å². The van der Waals surface area contributed by atoms with Crippen molar-refractivity contribution >= 4 is 29.2 Å². The summed E-state index contributed by atoms with van der Waals surface area (Å²) < 4.78 is 10.6. The first-order valence-corrected chi connectivity index (χ1v) is 7.63. The molecule has 1 atom stereocenters. The molecule has 0 radical (unpaired) electrons. The molecule has 0 saturated carbocycles. The zero-order valence-corrected chi connectivity index (χ0v) is 12.8. The van der Waals surface area contributed by atoms with Crippen LogP contribution in [-0.2, 0) is 14.3 Å². The molecule has 1 saturated heterocycles. The first-order valence-electron chi connectivity index (χ1n) is 7.25. The van der Waals surface area contributed by atoms with Crippen LogP contribution in [0.1, 0.15) is 12.8 Å². The predicted octanol–water partition coefficient (Wildman–Crippen LogP) is 1.36. The summed E-state index contributed by atoms with van der Waals surface area (Å²) in [6.45, 7) is 1.36. The number of carbonyl (C=O) groups excluding carboxylic acids is 2. The van der Waals surface area contributed by atoms with Gasteiger partial charge < -0.3 is 19.7 Å². The van der Waals surface area contributed by atoms with E-state index in [0.717, 1.165) is 19.4 Å². The van der Waals surface area contributed by atoms with Crippen molar-refractivity contribution in [2.45, 2.75) is 18.9 Å². The smallest absolute Gasteiger partial charge is 0.331 e. The maximum absolute atomic E-state index is 12.1. The highest BCUT2D eigenvalue weighted by molar-refractivity contribution is 6.31. The minimum absolute atomic E-state index is 0.0285. The number of benzene rings is 1. The number of halogens is 1. The number of nitrogens with zero attached hydrogens (tertiary/aromatic N) is 1. The fourth-order valence-electron chi connectivity index (χ4n) is 2.62. The third-order valence-corrected chi connectivity index (χ3v) is 3.93. The Morgan fingerprint density at radius 1 is 1.45 bits per heavy atom. The molecule has 2 heterocycles. The quantitative estimate of drug-likeness (QED) is 0.669. The van der Waals surface area contributed by atoms with E-state index in [1.54, 1.807) is 23.1 Å². The molecule has 1 fully saturated rings. The van der Waals surface area contributed by atoms with Crippen LogP contribution < -0.4 is 15.0 Å². The maximum Gasteiger partial charge on any atom is 0.331 e. The second-order valence-corrected chi connectivity index (χ2v) is 5.82. The first-order chi connectivity index (χ1) is 10.6. The Bertz CT molecular complexity index is 587. The Hall–Kier alpha value is -1.79. The summed E-state index contributed by atoms with van der Waals surface area (Å²) in [5, 5.41) is 3.37. The average molecular weight is 325 g/mol. The van der Waals surface area contributed by atoms with Crippen molar-refractivity contribution in [1.82, 2.24) is 5.32 Å². The Balaban J connectivity index is 1.63. The number of esters is 1. The van der Waals surface area contributed by atoms with Gasteiger partial charge in [-0.1, -0.05) is 11.6 Å². The standard InChI is InChI=1S/C15H17ClN2O4/c16-10-3-4-13-12(6-10)18(9-15(20)22-13)8-14(19)17-7-11-2-1-5-21-11/h3-4,6,11H,1-2,5,7-9H2,(H,17,19). The van der Waals surface area contributed by atoms with Crippen LogP contribution in [0.4, 0.5) is 5.69 Å². The molecule has 1 N–H and O–H groups in total. The molecule has 3 rings (SSSR count). The van der Waals surface area contributed by atoms with E-state index in [-0.39, 0.29) is 31.1 Å². The van der Waals surface area contributed by atoms with Crippen molar-refractivity contribution in [2.24, 2.45) is 0 Å². The van der Waals surface area contributed by atoms with Crippen LogP contribution in [0.5, 0.6) is 5.75 Å². The van der Waals surface area contributed by atoms with Gasteiger partial charge in [0.15, 0.2) is 5.75 Å². The molecule has 0 aromatic heterocycles. The van der Waals surface area contributed by atoms with Crippen LogP contribution >= 0.6 is 11.6 Å². The van der Waals surface area contributed by atoms with Gasteiger partial charge in [0.25, 0.3) is 0 Å². The topological polar surface area (TPSA) is 67.9 Å². The summed E-state index contributed by atoms with van der Waals surface area (Å²) in [5.74, 6) is -0.120. The van der Waals surface area contributed by atoms with Gasteiger partial charge in [-0.25, -0.2) is 4.79 Å². The van der Waals surface area contributed by atoms with Gasteiger partial charge in [-0.3, -0.25) is 4.79 Å². The van der Waals surface area contributed by atoms with Crippen molar-refractivity contribution in [1.29, 1.82) is 0 Å². The van der Waals surface area contributed by atoms with Gasteiger partial charge in [0, 0.05) is 18.2 Å². The fourth-order valence-corrected chi connectivity index (χ4v) is 2.79. The van der Waals surface area contributed by atoms with E-state index in [1.165, 1.54) is 0 Å². The van der Waals surface area contributed by atoms with Crippen molar-refractivity contribution in [3.05, 3.63) is 23.2 Å². The molecule has 7 heteroatoms. The maximum atomic E-state index is 12.1. The fraction of sp³-hybridized carbons (Fsp3) is 0.467. The van der Waals surface area contributed by atoms with E-state index in [4.69, 9.17) is 21.1 Å². The highest BCUT2D eigenvalue weighted by Crippen LogP contribution is 2.34. The summed E-state index contributed by atoms with van der Waals surface area (Å²) in [4.78, 5) is 25.4. The van der Waals surface area contributed by atoms with Crippen molar-refractivity contribution in [3.8, 4) is 5.75 Å². The molecule has 22 heavy (non-hydrogen) atoms. The summed E-state index contributed by atoms with van der Waals surface area (Å²) in [6.07, 6.45) is 2.09. The van der Waals surface area contributed by atoms with Gasteiger partial charge in [0.2, 0.25) is 5.91 Å². The summed E-state index contributed by atoms with van der Waals surface area (Å²) >= 11 is 5.98. The Morgan fingerprint density at radius 2 is 2.32 bits per heavy atom. The van der Waals surface area contributed by atoms with Gasteiger partial charge in [-0.05, 0) is 31.0 Å². The molecule has 2 aliphatic heterocycles. The van der Waals surface area contributed by atoms with E-state index in [9.17, 15) is 9.59 Å². The number of anilines is 1. The lowest BCUT2D eigenvalue weighted by atomic mass is 10.2. The van der Waals surface area contributed by atoms with Gasteiger partial charge in [0.05, 0.1) is 18.3 Å². The van der Waals surface area contributed by atoms with Crippen LogP contribution in [0.2, 0.25) is 5.02 Å². The van der Waals surface area contributed by atoms with E-state index in [1.807, 2.05) is 0 Å². The predicted molar refractivity (Wildman–Crippen MR) is 81.3 cm³/mol. The van der Waals surface area contributed by atoms with Gasteiger partial charge >= 0.3 is 5.97 Å². The van der Waals surface area contributed by atoms with Crippen LogP contribution in [0.3, 0.4) is 0 Å². The molecule has 1 unspecified atom stereocenters. The van der Waals surface area contributed by atoms with Gasteiger partial charge in [-0.15, -0.1) is 0 Å². The minimum atomic E-state index is -0.387. The summed E-state index contributed by atoms with van der Waals surface area (Å²) in [6, 6.07) is 4.97. The Labute approximate surface area is 133 Å². The summed E-state index contributed by atoms with van der Waals surface area (Å²) in [5.41, 5.74) is 0.652. The number of nitrogens with one attached hydrogen (secondary N) is 1. The lowest BCUT2D eigenvalue weighted by Gasteiger charge is -2.29. The van der Waals surface area contributed by atoms with Crippen molar-refractivity contribution in [2.75, 3.05) is 31.1 Å². The molecular weight excluding hydrogens is 308 g/mol. The number of carbonyl (C=O) groups is 2. The Kier molecular flexibility index (Phi) is 4.49. The van der Waals surface area contributed by atoms with Crippen LogP contribution in [0.15, 0.2) is 18.2 Å². The minimum Gasteiger partial charge on any atom is -0.423 e. The molecule has 1 amide bonds. The largest absolute Gasteiger partial charge is 0.423 e. The SMILES string of the molecule is O=C(CN1CC(=O)Oc2ccc(Cl)cc21)NCC1CCCO1.